The molecule has 2 aromatic heterocycles. The van der Waals surface area contributed by atoms with Gasteiger partial charge in [-0.3, -0.25) is 9.89 Å². The van der Waals surface area contributed by atoms with Gasteiger partial charge >= 0.3 is 0 Å². The van der Waals surface area contributed by atoms with Crippen LogP contribution in [0.3, 0.4) is 0 Å². The lowest BCUT2D eigenvalue weighted by Gasteiger charge is -2.28. The summed E-state index contributed by atoms with van der Waals surface area (Å²) in [4.78, 5) is 15.0. The number of nitrogens with one attached hydrogen (secondary N) is 1. The smallest absolute Gasteiger partial charge is 0.274 e. The van der Waals surface area contributed by atoms with Crippen LogP contribution in [0.15, 0.2) is 23.6 Å². The van der Waals surface area contributed by atoms with Gasteiger partial charge in [0.05, 0.1) is 16.2 Å². The molecule has 0 saturated heterocycles. The second-order valence-electron chi connectivity index (χ2n) is 5.74. The Kier molecular flexibility index (Phi) is 3.82. The number of hydrogen-bond donors (Lipinski definition) is 2. The maximum Gasteiger partial charge on any atom is 0.274 e. The number of carbonyl (C=O) groups excluding carboxylic acids is 1. The van der Waals surface area contributed by atoms with Crippen molar-refractivity contribution in [1.29, 1.82) is 0 Å². The number of H-pyrrole nitrogens is 1. The van der Waals surface area contributed by atoms with E-state index >= 15 is 0 Å². The number of aromatic nitrogens is 2. The first-order chi connectivity index (χ1) is 10.1. The van der Waals surface area contributed by atoms with E-state index in [1.54, 1.807) is 29.4 Å². The third-order valence-electron chi connectivity index (χ3n) is 4.00. The van der Waals surface area contributed by atoms with Crippen molar-refractivity contribution in [3.05, 3.63) is 29.3 Å². The van der Waals surface area contributed by atoms with Gasteiger partial charge < -0.3 is 10.0 Å². The molecular weight excluding hydrogens is 286 g/mol. The van der Waals surface area contributed by atoms with E-state index in [0.717, 1.165) is 36.3 Å². The summed E-state index contributed by atoms with van der Waals surface area (Å²) in [7, 11) is 1.72. The van der Waals surface area contributed by atoms with Crippen LogP contribution in [0.5, 0.6) is 0 Å². The number of amides is 1. The van der Waals surface area contributed by atoms with E-state index in [4.69, 9.17) is 0 Å². The summed E-state index contributed by atoms with van der Waals surface area (Å²) in [6.07, 6.45) is 3.60. The summed E-state index contributed by atoms with van der Waals surface area (Å²) in [6, 6.07) is 5.71. The maximum atomic E-state index is 12.4. The molecule has 0 unspecified atom stereocenters. The van der Waals surface area contributed by atoms with Crippen molar-refractivity contribution in [3.63, 3.8) is 0 Å². The van der Waals surface area contributed by atoms with E-state index in [9.17, 15) is 9.90 Å². The van der Waals surface area contributed by atoms with Gasteiger partial charge in [0.2, 0.25) is 0 Å². The van der Waals surface area contributed by atoms with Gasteiger partial charge in [-0.2, -0.15) is 5.10 Å². The highest BCUT2D eigenvalue weighted by Crippen LogP contribution is 2.30. The zero-order valence-corrected chi connectivity index (χ0v) is 12.8. The molecule has 2 heterocycles. The lowest BCUT2D eigenvalue weighted by atomic mass is 10.0. The van der Waals surface area contributed by atoms with E-state index in [2.05, 4.69) is 10.2 Å². The Balaban J connectivity index is 1.70. The molecule has 0 atom stereocenters. The third-order valence-corrected chi connectivity index (χ3v) is 4.90. The SMILES string of the molecule is CN(CC1(O)CCCC1)C(=O)c1cc(-c2cccs2)[nH]n1. The van der Waals surface area contributed by atoms with Crippen LogP contribution in [0, 0.1) is 0 Å². The Morgan fingerprint density at radius 3 is 2.95 bits per heavy atom. The fourth-order valence-electron chi connectivity index (χ4n) is 2.89. The first-order valence-corrected chi connectivity index (χ1v) is 8.02. The Labute approximate surface area is 127 Å². The van der Waals surface area contributed by atoms with Gasteiger partial charge in [-0.15, -0.1) is 11.3 Å². The van der Waals surface area contributed by atoms with Crippen LogP contribution < -0.4 is 0 Å². The topological polar surface area (TPSA) is 69.2 Å². The summed E-state index contributed by atoms with van der Waals surface area (Å²) in [6.45, 7) is 0.368. The van der Waals surface area contributed by atoms with E-state index in [1.165, 1.54) is 0 Å². The molecule has 0 aliphatic heterocycles. The normalized spacial score (nSPS) is 17.0. The predicted molar refractivity (Wildman–Crippen MR) is 82.3 cm³/mol. The van der Waals surface area contributed by atoms with Crippen LogP contribution in [0.25, 0.3) is 10.6 Å². The molecular formula is C15H19N3O2S. The Hall–Kier alpha value is -1.66. The van der Waals surface area contributed by atoms with E-state index in [1.807, 2.05) is 17.5 Å². The average Bonchev–Trinajstić information content (AvgIpc) is 3.18. The average molecular weight is 305 g/mol. The number of thiophene rings is 1. The summed E-state index contributed by atoms with van der Waals surface area (Å²) in [5, 5.41) is 19.4. The van der Waals surface area contributed by atoms with Gasteiger partial charge in [0.1, 0.15) is 0 Å². The second kappa shape index (κ2) is 5.61. The van der Waals surface area contributed by atoms with Crippen LogP contribution in [-0.2, 0) is 0 Å². The summed E-state index contributed by atoms with van der Waals surface area (Å²) in [5.74, 6) is -0.158. The van der Waals surface area contributed by atoms with Gasteiger partial charge in [-0.25, -0.2) is 0 Å². The Bertz CT molecular complexity index is 615. The largest absolute Gasteiger partial charge is 0.388 e. The van der Waals surface area contributed by atoms with E-state index in [0.29, 0.717) is 12.2 Å². The highest BCUT2D eigenvalue weighted by atomic mass is 32.1. The van der Waals surface area contributed by atoms with Gasteiger partial charge in [0, 0.05) is 13.6 Å². The fourth-order valence-corrected chi connectivity index (χ4v) is 3.58. The minimum absolute atomic E-state index is 0.158. The minimum Gasteiger partial charge on any atom is -0.388 e. The molecule has 0 spiro atoms. The van der Waals surface area contributed by atoms with Crippen LogP contribution in [-0.4, -0.2) is 45.3 Å². The fraction of sp³-hybridized carbons (Fsp3) is 0.467. The number of likely N-dealkylation sites (N-methyl/N-ethyl adjacent to an activating group) is 1. The van der Waals surface area contributed by atoms with Crippen LogP contribution >= 0.6 is 11.3 Å². The van der Waals surface area contributed by atoms with Gasteiger partial charge in [0.15, 0.2) is 5.69 Å². The highest BCUT2D eigenvalue weighted by molar-refractivity contribution is 7.13. The molecule has 1 fully saturated rings. The number of carbonyl (C=O) groups is 1. The molecule has 0 bridgehead atoms. The number of hydrogen-bond acceptors (Lipinski definition) is 4. The molecule has 0 aromatic carbocycles. The molecule has 1 amide bonds. The summed E-state index contributed by atoms with van der Waals surface area (Å²) < 4.78 is 0. The first-order valence-electron chi connectivity index (χ1n) is 7.15. The standard InChI is InChI=1S/C15H19N3O2S/c1-18(10-15(20)6-2-3-7-15)14(19)12-9-11(16-17-12)13-5-4-8-21-13/h4-5,8-9,20H,2-3,6-7,10H2,1H3,(H,16,17). The molecule has 0 radical (unpaired) electrons. The lowest BCUT2D eigenvalue weighted by Crippen LogP contribution is -2.42. The summed E-state index contributed by atoms with van der Waals surface area (Å²) >= 11 is 1.60. The molecule has 2 N–H and O–H groups in total. The second-order valence-corrected chi connectivity index (χ2v) is 6.68. The van der Waals surface area contributed by atoms with Gasteiger partial charge in [-0.1, -0.05) is 18.9 Å². The van der Waals surface area contributed by atoms with Crippen molar-refractivity contribution in [2.75, 3.05) is 13.6 Å². The number of aliphatic hydroxyl groups is 1. The quantitative estimate of drug-likeness (QED) is 0.912. The van der Waals surface area contributed by atoms with Gasteiger partial charge in [-0.05, 0) is 30.4 Å². The molecule has 1 saturated carbocycles. The predicted octanol–water partition coefficient (Wildman–Crippen LogP) is 2.52. The van der Waals surface area contributed by atoms with Crippen molar-refractivity contribution in [3.8, 4) is 10.6 Å². The maximum absolute atomic E-state index is 12.4. The molecule has 2 aromatic rings. The monoisotopic (exact) mass is 305 g/mol. The summed E-state index contributed by atoms with van der Waals surface area (Å²) in [5.41, 5.74) is 0.515. The molecule has 112 valence electrons. The van der Waals surface area contributed by atoms with Crippen LogP contribution in [0.4, 0.5) is 0 Å². The van der Waals surface area contributed by atoms with Crippen molar-refractivity contribution in [1.82, 2.24) is 15.1 Å². The molecule has 3 rings (SSSR count). The van der Waals surface area contributed by atoms with Crippen molar-refractivity contribution in [2.45, 2.75) is 31.3 Å². The van der Waals surface area contributed by atoms with E-state index in [-0.39, 0.29) is 5.91 Å². The van der Waals surface area contributed by atoms with Crippen molar-refractivity contribution >= 4 is 17.2 Å². The Morgan fingerprint density at radius 1 is 1.52 bits per heavy atom. The zero-order valence-electron chi connectivity index (χ0n) is 12.0. The third kappa shape index (κ3) is 3.01. The number of aromatic amines is 1. The van der Waals surface area contributed by atoms with Crippen LogP contribution in [0.1, 0.15) is 36.2 Å². The van der Waals surface area contributed by atoms with Crippen LogP contribution in [0.2, 0.25) is 0 Å². The first kappa shape index (κ1) is 14.3. The number of nitrogens with zero attached hydrogens (tertiary/aromatic N) is 2. The molecule has 1 aliphatic rings. The zero-order chi connectivity index (χ0) is 14.9. The molecule has 21 heavy (non-hydrogen) atoms. The van der Waals surface area contributed by atoms with E-state index < -0.39 is 5.60 Å². The molecule has 6 heteroatoms. The Morgan fingerprint density at radius 2 is 2.29 bits per heavy atom. The highest BCUT2D eigenvalue weighted by Gasteiger charge is 2.34. The number of rotatable bonds is 4. The van der Waals surface area contributed by atoms with Crippen molar-refractivity contribution in [2.24, 2.45) is 0 Å². The van der Waals surface area contributed by atoms with Gasteiger partial charge in [0.25, 0.3) is 5.91 Å². The molecule has 1 aliphatic carbocycles. The minimum atomic E-state index is -0.725. The lowest BCUT2D eigenvalue weighted by molar-refractivity contribution is 0.0155. The van der Waals surface area contributed by atoms with Crippen molar-refractivity contribution < 1.29 is 9.90 Å². The molecule has 5 nitrogen and oxygen atoms in total.